The van der Waals surface area contributed by atoms with Crippen molar-refractivity contribution < 1.29 is 4.39 Å². The van der Waals surface area contributed by atoms with Crippen LogP contribution >= 0.6 is 11.6 Å². The van der Waals surface area contributed by atoms with E-state index >= 15 is 0 Å². The first kappa shape index (κ1) is 8.47. The number of aromatic nitrogens is 1. The van der Waals surface area contributed by atoms with Gasteiger partial charge in [-0.3, -0.25) is 4.98 Å². The molecule has 1 rings (SSSR count). The zero-order valence-electron chi connectivity index (χ0n) is 6.27. The van der Waals surface area contributed by atoms with E-state index in [4.69, 9.17) is 11.6 Å². The van der Waals surface area contributed by atoms with Gasteiger partial charge in [0.1, 0.15) is 0 Å². The van der Waals surface area contributed by atoms with Crippen molar-refractivity contribution in [3.8, 4) is 0 Å². The summed E-state index contributed by atoms with van der Waals surface area (Å²) in [6.07, 6.45) is 3.00. The van der Waals surface area contributed by atoms with Gasteiger partial charge in [-0.15, -0.1) is 0 Å². The van der Waals surface area contributed by atoms with E-state index in [1.807, 2.05) is 6.92 Å². The first-order valence-corrected chi connectivity index (χ1v) is 3.91. The van der Waals surface area contributed by atoms with Crippen molar-refractivity contribution in [2.75, 3.05) is 0 Å². The molecule has 3 heteroatoms. The maximum absolute atomic E-state index is 12.5. The summed E-state index contributed by atoms with van der Waals surface area (Å²) in [6.45, 7) is 2.04. The van der Waals surface area contributed by atoms with Gasteiger partial charge in [0.05, 0.1) is 11.2 Å². The van der Waals surface area contributed by atoms with Crippen LogP contribution < -0.4 is 0 Å². The van der Waals surface area contributed by atoms with Crippen molar-refractivity contribution in [3.05, 3.63) is 28.8 Å². The van der Waals surface area contributed by atoms with Gasteiger partial charge in [-0.25, -0.2) is 4.39 Å². The quantitative estimate of drug-likeness (QED) is 0.670. The van der Waals surface area contributed by atoms with Gasteiger partial charge in [-0.2, -0.15) is 0 Å². The summed E-state index contributed by atoms with van der Waals surface area (Å²) in [4.78, 5) is 3.87. The Hall–Kier alpha value is -0.630. The molecular weight excluding hydrogens is 165 g/mol. The summed E-state index contributed by atoms with van der Waals surface area (Å²) in [5.74, 6) is -0.452. The van der Waals surface area contributed by atoms with Crippen LogP contribution in [0.25, 0.3) is 0 Å². The molecule has 0 saturated carbocycles. The molecule has 0 unspecified atom stereocenters. The predicted octanol–water partition coefficient (Wildman–Crippen LogP) is 2.83. The van der Waals surface area contributed by atoms with Gasteiger partial charge in [0.25, 0.3) is 0 Å². The molecule has 60 valence electrons. The molecule has 1 aromatic rings. The Labute approximate surface area is 70.2 Å². The van der Waals surface area contributed by atoms with Gasteiger partial charge >= 0.3 is 0 Å². The standard InChI is InChI=1S/C8H9ClFN/c1-2-3-6-4-7(9)8(10)5-11-6/h4-5H,2-3H2,1H3. The molecule has 0 aliphatic carbocycles. The first-order chi connectivity index (χ1) is 5.24. The second-order valence-corrected chi connectivity index (χ2v) is 2.75. The highest BCUT2D eigenvalue weighted by Crippen LogP contribution is 2.14. The van der Waals surface area contributed by atoms with Crippen molar-refractivity contribution >= 4 is 11.6 Å². The van der Waals surface area contributed by atoms with E-state index < -0.39 is 5.82 Å². The Bertz CT molecular complexity index is 250. The van der Waals surface area contributed by atoms with Crippen LogP contribution in [0.5, 0.6) is 0 Å². The minimum atomic E-state index is -0.452. The average molecular weight is 174 g/mol. The Morgan fingerprint density at radius 3 is 2.91 bits per heavy atom. The van der Waals surface area contributed by atoms with Crippen LogP contribution in [0, 0.1) is 5.82 Å². The van der Waals surface area contributed by atoms with Gasteiger partial charge in [0.2, 0.25) is 0 Å². The second kappa shape index (κ2) is 3.67. The van der Waals surface area contributed by atoms with E-state index in [0.717, 1.165) is 24.7 Å². The highest BCUT2D eigenvalue weighted by atomic mass is 35.5. The third-order valence-electron chi connectivity index (χ3n) is 1.37. The van der Waals surface area contributed by atoms with Gasteiger partial charge in [-0.05, 0) is 12.5 Å². The molecule has 0 aliphatic heterocycles. The zero-order valence-corrected chi connectivity index (χ0v) is 7.03. The first-order valence-electron chi connectivity index (χ1n) is 3.54. The third-order valence-corrected chi connectivity index (χ3v) is 1.66. The summed E-state index contributed by atoms with van der Waals surface area (Å²) < 4.78 is 12.5. The lowest BCUT2D eigenvalue weighted by Gasteiger charge is -1.97. The van der Waals surface area contributed by atoms with Crippen molar-refractivity contribution in [2.45, 2.75) is 19.8 Å². The van der Waals surface area contributed by atoms with E-state index in [-0.39, 0.29) is 5.02 Å². The highest BCUT2D eigenvalue weighted by Gasteiger charge is 2.00. The predicted molar refractivity (Wildman–Crippen MR) is 43.2 cm³/mol. The van der Waals surface area contributed by atoms with E-state index in [9.17, 15) is 4.39 Å². The summed E-state index contributed by atoms with van der Waals surface area (Å²) in [5.41, 5.74) is 0.846. The van der Waals surface area contributed by atoms with Crippen LogP contribution in [0.2, 0.25) is 5.02 Å². The smallest absolute Gasteiger partial charge is 0.160 e. The van der Waals surface area contributed by atoms with Gasteiger partial charge in [0, 0.05) is 5.69 Å². The SMILES string of the molecule is CCCc1cc(Cl)c(F)cn1. The summed E-state index contributed by atoms with van der Waals surface area (Å²) in [6, 6.07) is 1.57. The molecule has 0 aliphatic rings. The lowest BCUT2D eigenvalue weighted by atomic mass is 10.2. The van der Waals surface area contributed by atoms with Crippen LogP contribution in [0.1, 0.15) is 19.0 Å². The maximum atomic E-state index is 12.5. The lowest BCUT2D eigenvalue weighted by Crippen LogP contribution is -1.90. The topological polar surface area (TPSA) is 12.9 Å². The van der Waals surface area contributed by atoms with Crippen LogP contribution in [0.4, 0.5) is 4.39 Å². The van der Waals surface area contributed by atoms with E-state index in [0.29, 0.717) is 0 Å². The van der Waals surface area contributed by atoms with Crippen LogP contribution in [-0.2, 0) is 6.42 Å². The fourth-order valence-corrected chi connectivity index (χ4v) is 1.02. The molecule has 11 heavy (non-hydrogen) atoms. The van der Waals surface area contributed by atoms with Crippen LogP contribution in [-0.4, -0.2) is 4.98 Å². The molecule has 0 fully saturated rings. The number of hydrogen-bond donors (Lipinski definition) is 0. The number of nitrogens with zero attached hydrogens (tertiary/aromatic N) is 1. The molecule has 0 aromatic carbocycles. The Morgan fingerprint density at radius 1 is 1.64 bits per heavy atom. The van der Waals surface area contributed by atoms with Crippen molar-refractivity contribution in [1.29, 1.82) is 0 Å². The van der Waals surface area contributed by atoms with Gasteiger partial charge < -0.3 is 0 Å². The fourth-order valence-electron chi connectivity index (χ4n) is 0.847. The minimum absolute atomic E-state index is 0.156. The summed E-state index contributed by atoms with van der Waals surface area (Å²) in [7, 11) is 0. The molecule has 0 saturated heterocycles. The second-order valence-electron chi connectivity index (χ2n) is 2.34. The number of hydrogen-bond acceptors (Lipinski definition) is 1. The molecule has 0 N–H and O–H groups in total. The Kier molecular flexibility index (Phi) is 2.83. The molecule has 1 aromatic heterocycles. The zero-order chi connectivity index (χ0) is 8.27. The largest absolute Gasteiger partial charge is 0.258 e. The normalized spacial score (nSPS) is 10.1. The Morgan fingerprint density at radius 2 is 2.36 bits per heavy atom. The number of rotatable bonds is 2. The Balaban J connectivity index is 2.86. The summed E-state index contributed by atoms with van der Waals surface area (Å²) >= 11 is 5.53. The maximum Gasteiger partial charge on any atom is 0.160 e. The van der Waals surface area contributed by atoms with Crippen molar-refractivity contribution in [3.63, 3.8) is 0 Å². The summed E-state index contributed by atoms with van der Waals surface area (Å²) in [5, 5.41) is 0.156. The van der Waals surface area contributed by atoms with Gasteiger partial charge in [0.15, 0.2) is 5.82 Å². The number of halogens is 2. The lowest BCUT2D eigenvalue weighted by molar-refractivity contribution is 0.619. The molecule has 0 amide bonds. The van der Waals surface area contributed by atoms with Crippen molar-refractivity contribution in [2.24, 2.45) is 0 Å². The van der Waals surface area contributed by atoms with Crippen LogP contribution in [0.3, 0.4) is 0 Å². The molecule has 1 nitrogen and oxygen atoms in total. The highest BCUT2D eigenvalue weighted by molar-refractivity contribution is 6.30. The third kappa shape index (κ3) is 2.15. The van der Waals surface area contributed by atoms with E-state index in [2.05, 4.69) is 4.98 Å². The molecule has 0 bridgehead atoms. The minimum Gasteiger partial charge on any atom is -0.258 e. The number of pyridine rings is 1. The van der Waals surface area contributed by atoms with Crippen molar-refractivity contribution in [1.82, 2.24) is 4.98 Å². The molecular formula is C8H9ClFN. The van der Waals surface area contributed by atoms with Gasteiger partial charge in [-0.1, -0.05) is 24.9 Å². The number of aryl methyl sites for hydroxylation is 1. The molecule has 0 spiro atoms. The average Bonchev–Trinajstić information content (AvgIpc) is 1.98. The van der Waals surface area contributed by atoms with E-state index in [1.165, 1.54) is 0 Å². The molecule has 0 radical (unpaired) electrons. The fraction of sp³-hybridized carbons (Fsp3) is 0.375. The monoisotopic (exact) mass is 173 g/mol. The van der Waals surface area contributed by atoms with Crippen LogP contribution in [0.15, 0.2) is 12.3 Å². The molecule has 1 heterocycles. The molecule has 0 atom stereocenters. The van der Waals surface area contributed by atoms with E-state index in [1.54, 1.807) is 6.07 Å².